The third-order valence-corrected chi connectivity index (χ3v) is 4.82. The van der Waals surface area contributed by atoms with Crippen LogP contribution in [0.3, 0.4) is 0 Å². The van der Waals surface area contributed by atoms with Crippen LogP contribution in [-0.2, 0) is 9.59 Å². The van der Waals surface area contributed by atoms with E-state index >= 15 is 0 Å². The minimum atomic E-state index is -0.358. The van der Waals surface area contributed by atoms with Crippen LogP contribution >= 0.6 is 0 Å². The summed E-state index contributed by atoms with van der Waals surface area (Å²) in [6.07, 6.45) is 4.80. The van der Waals surface area contributed by atoms with Crippen molar-refractivity contribution in [3.63, 3.8) is 0 Å². The highest BCUT2D eigenvalue weighted by atomic mass is 16.2. The van der Waals surface area contributed by atoms with Gasteiger partial charge in [-0.2, -0.15) is 0 Å². The summed E-state index contributed by atoms with van der Waals surface area (Å²) in [6.45, 7) is 3.27. The van der Waals surface area contributed by atoms with Gasteiger partial charge in [-0.1, -0.05) is 0 Å². The summed E-state index contributed by atoms with van der Waals surface area (Å²) in [5.41, 5.74) is 1.75. The Balaban J connectivity index is 1.38. The molecule has 2 saturated heterocycles. The average Bonchev–Trinajstić information content (AvgIpc) is 3.19. The van der Waals surface area contributed by atoms with Gasteiger partial charge in [0.15, 0.2) is 5.65 Å². The van der Waals surface area contributed by atoms with E-state index in [1.165, 1.54) is 0 Å². The van der Waals surface area contributed by atoms with E-state index in [0.717, 1.165) is 36.4 Å². The monoisotopic (exact) mass is 342 g/mol. The normalized spacial score (nSPS) is 23.7. The summed E-state index contributed by atoms with van der Waals surface area (Å²) in [6, 6.07) is 3.65. The molecule has 2 N–H and O–H groups in total. The lowest BCUT2D eigenvalue weighted by atomic mass is 10.0. The number of hydrogen-bond donors (Lipinski definition) is 2. The van der Waals surface area contributed by atoms with Crippen LogP contribution in [0.2, 0.25) is 0 Å². The fraction of sp³-hybridized carbons (Fsp3) is 0.529. The zero-order valence-corrected chi connectivity index (χ0v) is 14.2. The number of carbonyl (C=O) groups is 2. The molecule has 0 radical (unpaired) electrons. The number of amides is 2. The molecule has 2 fully saturated rings. The van der Waals surface area contributed by atoms with Crippen molar-refractivity contribution in [3.8, 4) is 0 Å². The molecule has 2 aromatic heterocycles. The molecule has 0 saturated carbocycles. The maximum absolute atomic E-state index is 12.6. The molecule has 8 heteroatoms. The van der Waals surface area contributed by atoms with E-state index in [9.17, 15) is 9.59 Å². The predicted molar refractivity (Wildman–Crippen MR) is 92.1 cm³/mol. The first kappa shape index (κ1) is 15.9. The van der Waals surface area contributed by atoms with Gasteiger partial charge in [-0.3, -0.25) is 9.59 Å². The number of likely N-dealkylation sites (tertiary alicyclic amines) is 1. The zero-order chi connectivity index (χ0) is 17.4. The minimum Gasteiger partial charge on any atom is -0.364 e. The summed E-state index contributed by atoms with van der Waals surface area (Å²) in [5, 5.41) is 10.7. The molecule has 0 spiro atoms. The highest BCUT2D eigenvalue weighted by Gasteiger charge is 2.33. The van der Waals surface area contributed by atoms with Crippen LogP contribution in [0.4, 0.5) is 5.82 Å². The molecule has 132 valence electrons. The Kier molecular flexibility index (Phi) is 4.03. The Morgan fingerprint density at radius 3 is 3.08 bits per heavy atom. The van der Waals surface area contributed by atoms with E-state index in [2.05, 4.69) is 20.7 Å². The summed E-state index contributed by atoms with van der Waals surface area (Å²) in [4.78, 5) is 30.3. The molecule has 2 aliphatic heterocycles. The van der Waals surface area contributed by atoms with Gasteiger partial charge in [0.1, 0.15) is 11.9 Å². The Morgan fingerprint density at radius 1 is 1.36 bits per heavy atom. The first-order valence-electron chi connectivity index (χ1n) is 8.76. The molecule has 2 atom stereocenters. The molecule has 2 aromatic rings. The lowest BCUT2D eigenvalue weighted by Crippen LogP contribution is -2.50. The number of nitrogens with one attached hydrogen (secondary N) is 2. The fourth-order valence-corrected chi connectivity index (χ4v) is 3.58. The number of rotatable bonds is 3. The van der Waals surface area contributed by atoms with Gasteiger partial charge in [-0.15, -0.1) is 5.10 Å². The lowest BCUT2D eigenvalue weighted by molar-refractivity contribution is -0.137. The predicted octanol–water partition coefficient (Wildman–Crippen LogP) is 0.719. The number of aryl methyl sites for hydroxylation is 1. The molecule has 4 rings (SSSR count). The van der Waals surface area contributed by atoms with Crippen LogP contribution < -0.4 is 10.6 Å². The number of fused-ring (bicyclic) bond motifs is 1. The average molecular weight is 342 g/mol. The van der Waals surface area contributed by atoms with Gasteiger partial charge in [-0.25, -0.2) is 9.50 Å². The summed E-state index contributed by atoms with van der Waals surface area (Å²) >= 11 is 0. The summed E-state index contributed by atoms with van der Waals surface area (Å²) in [7, 11) is 0. The molecule has 0 bridgehead atoms. The molecule has 0 aliphatic carbocycles. The van der Waals surface area contributed by atoms with E-state index < -0.39 is 0 Å². The maximum atomic E-state index is 12.6. The van der Waals surface area contributed by atoms with Crippen LogP contribution in [0.25, 0.3) is 5.65 Å². The zero-order valence-electron chi connectivity index (χ0n) is 14.2. The SMILES string of the molecule is Cc1cn2nc(N[C@H]3CCN(C(=O)[C@H]4CCCC(=O)N4)C3)ccc2n1. The van der Waals surface area contributed by atoms with Crippen molar-refractivity contribution in [2.45, 2.75) is 44.7 Å². The number of piperidine rings is 1. The Morgan fingerprint density at radius 2 is 2.24 bits per heavy atom. The molecule has 2 aliphatic rings. The van der Waals surface area contributed by atoms with E-state index in [0.29, 0.717) is 19.5 Å². The molecule has 25 heavy (non-hydrogen) atoms. The second-order valence-corrected chi connectivity index (χ2v) is 6.83. The molecule has 0 aromatic carbocycles. The topological polar surface area (TPSA) is 91.6 Å². The first-order chi connectivity index (χ1) is 12.1. The van der Waals surface area contributed by atoms with Crippen molar-refractivity contribution in [2.75, 3.05) is 18.4 Å². The highest BCUT2D eigenvalue weighted by Crippen LogP contribution is 2.18. The van der Waals surface area contributed by atoms with Crippen LogP contribution in [-0.4, -0.2) is 56.5 Å². The smallest absolute Gasteiger partial charge is 0.245 e. The standard InChI is InChI=1S/C17H22N6O2/c1-11-9-23-15(18-11)6-5-14(21-23)19-12-7-8-22(10-12)17(25)13-3-2-4-16(24)20-13/h5-6,9,12-13H,2-4,7-8,10H2,1H3,(H,19,21)(H,20,24)/t12-,13+/m0/s1. The van der Waals surface area contributed by atoms with Crippen LogP contribution in [0.15, 0.2) is 18.3 Å². The third kappa shape index (κ3) is 3.29. The molecule has 2 amide bonds. The van der Waals surface area contributed by atoms with Gasteiger partial charge >= 0.3 is 0 Å². The van der Waals surface area contributed by atoms with Crippen molar-refractivity contribution < 1.29 is 9.59 Å². The second-order valence-electron chi connectivity index (χ2n) is 6.83. The Hall–Kier alpha value is -2.64. The Bertz CT molecular complexity index is 817. The second kappa shape index (κ2) is 6.34. The van der Waals surface area contributed by atoms with E-state index in [1.807, 2.05) is 30.2 Å². The highest BCUT2D eigenvalue weighted by molar-refractivity contribution is 5.88. The van der Waals surface area contributed by atoms with Gasteiger partial charge in [0.05, 0.1) is 11.9 Å². The van der Waals surface area contributed by atoms with Gasteiger partial charge in [-0.05, 0) is 38.3 Å². The number of imidazole rings is 1. The maximum Gasteiger partial charge on any atom is 0.245 e. The number of anilines is 1. The molecule has 0 unspecified atom stereocenters. The van der Waals surface area contributed by atoms with E-state index in [-0.39, 0.29) is 23.9 Å². The number of carbonyl (C=O) groups excluding carboxylic acids is 2. The van der Waals surface area contributed by atoms with Gasteiger partial charge in [0, 0.05) is 25.6 Å². The third-order valence-electron chi connectivity index (χ3n) is 4.82. The Labute approximate surface area is 145 Å². The number of aromatic nitrogens is 3. The molecule has 4 heterocycles. The first-order valence-corrected chi connectivity index (χ1v) is 8.76. The van der Waals surface area contributed by atoms with Crippen molar-refractivity contribution in [2.24, 2.45) is 0 Å². The minimum absolute atomic E-state index is 0.0217. The molecular formula is C17H22N6O2. The van der Waals surface area contributed by atoms with Gasteiger partial charge < -0.3 is 15.5 Å². The van der Waals surface area contributed by atoms with Crippen LogP contribution in [0.1, 0.15) is 31.4 Å². The van der Waals surface area contributed by atoms with E-state index in [1.54, 1.807) is 4.52 Å². The van der Waals surface area contributed by atoms with Crippen LogP contribution in [0, 0.1) is 6.92 Å². The summed E-state index contributed by atoms with van der Waals surface area (Å²) < 4.78 is 1.76. The van der Waals surface area contributed by atoms with Crippen molar-refractivity contribution in [1.29, 1.82) is 0 Å². The summed E-state index contributed by atoms with van der Waals surface area (Å²) in [5.74, 6) is 0.785. The lowest BCUT2D eigenvalue weighted by Gasteiger charge is -2.27. The van der Waals surface area contributed by atoms with Gasteiger partial charge in [0.25, 0.3) is 0 Å². The number of nitrogens with zero attached hydrogens (tertiary/aromatic N) is 4. The van der Waals surface area contributed by atoms with Crippen molar-refractivity contribution in [1.82, 2.24) is 24.8 Å². The number of hydrogen-bond acceptors (Lipinski definition) is 5. The largest absolute Gasteiger partial charge is 0.364 e. The quantitative estimate of drug-likeness (QED) is 0.858. The fourth-order valence-electron chi connectivity index (χ4n) is 3.58. The van der Waals surface area contributed by atoms with Gasteiger partial charge in [0.2, 0.25) is 11.8 Å². The molecular weight excluding hydrogens is 320 g/mol. The molecule has 8 nitrogen and oxygen atoms in total. The van der Waals surface area contributed by atoms with Crippen molar-refractivity contribution >= 4 is 23.3 Å². The van der Waals surface area contributed by atoms with Crippen LogP contribution in [0.5, 0.6) is 0 Å². The van der Waals surface area contributed by atoms with E-state index in [4.69, 9.17) is 0 Å². The van der Waals surface area contributed by atoms with Crippen molar-refractivity contribution in [3.05, 3.63) is 24.0 Å².